The van der Waals surface area contributed by atoms with Gasteiger partial charge in [0.1, 0.15) is 22.0 Å². The van der Waals surface area contributed by atoms with Gasteiger partial charge < -0.3 is 10.2 Å². The Morgan fingerprint density at radius 1 is 1.17 bits per heavy atom. The van der Waals surface area contributed by atoms with E-state index in [1.807, 2.05) is 21.2 Å². The molecule has 0 unspecified atom stereocenters. The maximum absolute atomic E-state index is 13.2. The number of halogens is 1. The van der Waals surface area contributed by atoms with Crippen LogP contribution in [0.15, 0.2) is 47.1 Å². The maximum atomic E-state index is 13.2. The summed E-state index contributed by atoms with van der Waals surface area (Å²) in [5, 5.41) is 6.47. The van der Waals surface area contributed by atoms with Crippen molar-refractivity contribution in [3.63, 3.8) is 0 Å². The van der Waals surface area contributed by atoms with Crippen LogP contribution in [0.25, 0.3) is 10.2 Å². The van der Waals surface area contributed by atoms with Crippen molar-refractivity contribution in [3.8, 4) is 0 Å². The second kappa shape index (κ2) is 9.50. The van der Waals surface area contributed by atoms with Gasteiger partial charge in [0.05, 0.1) is 12.3 Å². The van der Waals surface area contributed by atoms with Crippen LogP contribution in [0.3, 0.4) is 0 Å². The Bertz CT molecular complexity index is 1050. The number of carbonyl (C=O) groups excluding carboxylic acids is 2. The summed E-state index contributed by atoms with van der Waals surface area (Å²) in [5.41, 5.74) is 0.440. The molecule has 1 aliphatic rings. The smallest absolute Gasteiger partial charge is 0.238 e. The van der Waals surface area contributed by atoms with Crippen LogP contribution in [0.5, 0.6) is 0 Å². The van der Waals surface area contributed by atoms with E-state index in [1.54, 1.807) is 23.5 Å². The fourth-order valence-electron chi connectivity index (χ4n) is 3.23. The third-order valence-electron chi connectivity index (χ3n) is 4.76. The number of rotatable bonds is 6. The Labute approximate surface area is 181 Å². The first kappa shape index (κ1) is 20.7. The van der Waals surface area contributed by atoms with Crippen LogP contribution in [0.4, 0.5) is 10.1 Å². The van der Waals surface area contributed by atoms with Crippen LogP contribution in [0.1, 0.15) is 0 Å². The number of hydrogen-bond donors (Lipinski definition) is 1. The Kier molecular flexibility index (Phi) is 6.56. The average Bonchev–Trinajstić information content (AvgIpc) is 3.22. The molecule has 30 heavy (non-hydrogen) atoms. The van der Waals surface area contributed by atoms with Crippen molar-refractivity contribution in [2.24, 2.45) is 0 Å². The van der Waals surface area contributed by atoms with E-state index in [4.69, 9.17) is 0 Å². The highest BCUT2D eigenvalue weighted by Gasteiger charge is 2.23. The predicted molar refractivity (Wildman–Crippen MR) is 116 cm³/mol. The summed E-state index contributed by atoms with van der Waals surface area (Å²) in [5.74, 6) is -0.202. The molecule has 0 bridgehead atoms. The molecular weight excluding hydrogens is 425 g/mol. The first-order chi connectivity index (χ1) is 14.6. The number of carbonyl (C=O) groups is 2. The van der Waals surface area contributed by atoms with Crippen LogP contribution in [-0.2, 0) is 9.59 Å². The quantitative estimate of drug-likeness (QED) is 0.464. The molecule has 7 nitrogen and oxygen atoms in total. The minimum atomic E-state index is -0.389. The summed E-state index contributed by atoms with van der Waals surface area (Å²) in [6.07, 6.45) is 1.53. The molecule has 2 aromatic heterocycles. The van der Waals surface area contributed by atoms with Crippen molar-refractivity contribution < 1.29 is 14.0 Å². The zero-order valence-corrected chi connectivity index (χ0v) is 17.7. The van der Waals surface area contributed by atoms with E-state index in [2.05, 4.69) is 15.3 Å². The molecule has 1 N–H and O–H groups in total. The highest BCUT2D eigenvalue weighted by molar-refractivity contribution is 8.00. The van der Waals surface area contributed by atoms with Gasteiger partial charge in [-0.2, -0.15) is 0 Å². The zero-order chi connectivity index (χ0) is 20.9. The topological polar surface area (TPSA) is 78.4 Å². The van der Waals surface area contributed by atoms with Crippen LogP contribution in [0, 0.1) is 5.82 Å². The average molecular weight is 446 g/mol. The van der Waals surface area contributed by atoms with Gasteiger partial charge in [0.25, 0.3) is 0 Å². The Morgan fingerprint density at radius 3 is 2.80 bits per heavy atom. The molecule has 3 heterocycles. The minimum absolute atomic E-state index is 0.0610. The molecule has 4 rings (SSSR count). The molecule has 2 amide bonds. The summed E-state index contributed by atoms with van der Waals surface area (Å²) in [4.78, 5) is 38.0. The predicted octanol–water partition coefficient (Wildman–Crippen LogP) is 2.71. The largest absolute Gasteiger partial charge is 0.339 e. The number of thioether (sulfide) groups is 1. The van der Waals surface area contributed by atoms with E-state index in [0.717, 1.165) is 15.2 Å². The number of nitrogens with zero attached hydrogens (tertiary/aromatic N) is 4. The normalized spacial score (nSPS) is 14.8. The lowest BCUT2D eigenvalue weighted by molar-refractivity contribution is -0.130. The van der Waals surface area contributed by atoms with Gasteiger partial charge in [-0.3, -0.25) is 14.5 Å². The molecule has 3 aromatic rings. The van der Waals surface area contributed by atoms with Crippen molar-refractivity contribution in [3.05, 3.63) is 47.9 Å². The van der Waals surface area contributed by atoms with Crippen LogP contribution in [0.2, 0.25) is 0 Å². The fourth-order valence-corrected chi connectivity index (χ4v) is 4.91. The molecule has 1 fully saturated rings. The van der Waals surface area contributed by atoms with Crippen molar-refractivity contribution in [1.29, 1.82) is 0 Å². The second-order valence-corrected chi connectivity index (χ2v) is 8.68. The lowest BCUT2D eigenvalue weighted by atomic mass is 10.3. The zero-order valence-electron chi connectivity index (χ0n) is 16.1. The summed E-state index contributed by atoms with van der Waals surface area (Å²) < 4.78 is 13.2. The number of thiophene rings is 1. The number of aromatic nitrogens is 2. The number of benzene rings is 1. The van der Waals surface area contributed by atoms with Gasteiger partial charge in [-0.25, -0.2) is 14.4 Å². The van der Waals surface area contributed by atoms with E-state index < -0.39 is 0 Å². The number of hydrogen-bond acceptors (Lipinski definition) is 7. The summed E-state index contributed by atoms with van der Waals surface area (Å²) in [7, 11) is 0. The lowest BCUT2D eigenvalue weighted by Crippen LogP contribution is -2.50. The van der Waals surface area contributed by atoms with Gasteiger partial charge in [0.2, 0.25) is 11.8 Å². The van der Waals surface area contributed by atoms with Crippen molar-refractivity contribution in [2.45, 2.75) is 5.03 Å². The third-order valence-corrected chi connectivity index (χ3v) is 6.57. The standard InChI is InChI=1S/C20H20FN5O2S2/c21-14-2-1-3-15(10-14)24-17(27)11-25-5-7-26(8-6-25)18(28)12-30-20-16-4-9-29-19(16)22-13-23-20/h1-4,9-10,13H,5-8,11-12H2,(H,24,27). The Morgan fingerprint density at radius 2 is 2.00 bits per heavy atom. The molecule has 0 radical (unpaired) electrons. The fraction of sp³-hybridized carbons (Fsp3) is 0.300. The highest BCUT2D eigenvalue weighted by atomic mass is 32.2. The number of amides is 2. The van der Waals surface area contributed by atoms with E-state index >= 15 is 0 Å². The van der Waals surface area contributed by atoms with Gasteiger partial charge in [0, 0.05) is 37.3 Å². The van der Waals surface area contributed by atoms with Gasteiger partial charge >= 0.3 is 0 Å². The molecule has 0 aliphatic carbocycles. The maximum Gasteiger partial charge on any atom is 0.238 e. The molecular formula is C20H20FN5O2S2. The van der Waals surface area contributed by atoms with E-state index in [-0.39, 0.29) is 24.2 Å². The first-order valence-electron chi connectivity index (χ1n) is 9.45. The van der Waals surface area contributed by atoms with Crippen LogP contribution >= 0.6 is 23.1 Å². The van der Waals surface area contributed by atoms with Gasteiger partial charge in [-0.05, 0) is 29.6 Å². The molecule has 1 aliphatic heterocycles. The second-order valence-electron chi connectivity index (χ2n) is 6.82. The van der Waals surface area contributed by atoms with Gasteiger partial charge in [-0.1, -0.05) is 17.8 Å². The summed E-state index contributed by atoms with van der Waals surface area (Å²) in [6.45, 7) is 2.60. The van der Waals surface area contributed by atoms with Crippen LogP contribution in [-0.4, -0.2) is 70.1 Å². The Balaban J connectivity index is 1.22. The van der Waals surface area contributed by atoms with Crippen molar-refractivity contribution in [1.82, 2.24) is 19.8 Å². The van der Waals surface area contributed by atoms with E-state index in [9.17, 15) is 14.0 Å². The summed E-state index contributed by atoms with van der Waals surface area (Å²) >= 11 is 2.98. The highest BCUT2D eigenvalue weighted by Crippen LogP contribution is 2.27. The van der Waals surface area contributed by atoms with Gasteiger partial charge in [-0.15, -0.1) is 11.3 Å². The van der Waals surface area contributed by atoms with Gasteiger partial charge in [0.15, 0.2) is 0 Å². The third kappa shape index (κ3) is 5.13. The number of fused-ring (bicyclic) bond motifs is 1. The number of nitrogens with one attached hydrogen (secondary N) is 1. The monoisotopic (exact) mass is 445 g/mol. The number of anilines is 1. The van der Waals surface area contributed by atoms with Crippen molar-refractivity contribution in [2.75, 3.05) is 43.8 Å². The molecule has 0 saturated carbocycles. The molecule has 156 valence electrons. The molecule has 1 aromatic carbocycles. The number of piperazine rings is 1. The molecule has 10 heteroatoms. The lowest BCUT2D eigenvalue weighted by Gasteiger charge is -2.34. The van der Waals surface area contributed by atoms with E-state index in [0.29, 0.717) is 37.6 Å². The molecule has 1 saturated heterocycles. The molecule has 0 spiro atoms. The SMILES string of the molecule is O=C(CN1CCN(C(=O)CSc2ncnc3sccc23)CC1)Nc1cccc(F)c1. The first-order valence-corrected chi connectivity index (χ1v) is 11.3. The minimum Gasteiger partial charge on any atom is -0.339 e. The Hall–Kier alpha value is -2.56. The summed E-state index contributed by atoms with van der Waals surface area (Å²) in [6, 6.07) is 7.79. The van der Waals surface area contributed by atoms with Crippen molar-refractivity contribution >= 4 is 50.8 Å². The molecule has 0 atom stereocenters. The van der Waals surface area contributed by atoms with Crippen LogP contribution < -0.4 is 5.32 Å². The van der Waals surface area contributed by atoms with E-state index in [1.165, 1.54) is 30.2 Å².